The highest BCUT2D eigenvalue weighted by molar-refractivity contribution is 9.09. The zero-order chi connectivity index (χ0) is 19.1. The van der Waals surface area contributed by atoms with Crippen LogP contribution < -0.4 is 14.9 Å². The van der Waals surface area contributed by atoms with Crippen LogP contribution in [0.4, 0.5) is 0 Å². The van der Waals surface area contributed by atoms with Crippen LogP contribution in [0.1, 0.15) is 25.7 Å². The van der Waals surface area contributed by atoms with Crippen LogP contribution >= 0.6 is 15.9 Å². The van der Waals surface area contributed by atoms with E-state index in [1.165, 1.54) is 0 Å². The minimum Gasteiger partial charge on any atom is -0.497 e. The van der Waals surface area contributed by atoms with Crippen molar-refractivity contribution in [2.24, 2.45) is 0 Å². The molecule has 0 aliphatic carbocycles. The van der Waals surface area contributed by atoms with Gasteiger partial charge in [0.15, 0.2) is 5.76 Å². The topological polar surface area (TPSA) is 48.7 Å². The number of methoxy groups -OCH3 is 1. The van der Waals surface area contributed by atoms with Crippen molar-refractivity contribution in [3.63, 3.8) is 0 Å². The molecule has 0 aliphatic rings. The monoisotopic (exact) mass is 430 g/mol. The normalized spacial score (nSPS) is 10.9. The molecule has 5 heteroatoms. The first kappa shape index (κ1) is 19.5. The second kappa shape index (κ2) is 9.60. The Balaban J connectivity index is 1.93. The number of benzene rings is 2. The first-order chi connectivity index (χ1) is 13.2. The molecule has 0 saturated carbocycles. The minimum atomic E-state index is -0.136. The summed E-state index contributed by atoms with van der Waals surface area (Å²) in [4.78, 5) is 13.0. The van der Waals surface area contributed by atoms with Gasteiger partial charge >= 0.3 is 0 Å². The molecule has 3 rings (SSSR count). The minimum absolute atomic E-state index is 0.136. The van der Waals surface area contributed by atoms with Crippen molar-refractivity contribution in [3.8, 4) is 22.8 Å². The lowest BCUT2D eigenvalue weighted by molar-refractivity contribution is 0.297. The van der Waals surface area contributed by atoms with E-state index in [1.807, 2.05) is 36.4 Å². The molecule has 142 valence electrons. The van der Waals surface area contributed by atoms with Crippen molar-refractivity contribution in [1.29, 1.82) is 0 Å². The number of unbranched alkanes of at least 4 members (excludes halogenated alkanes) is 3. The molecule has 1 aromatic heterocycles. The molecule has 0 aliphatic heterocycles. The van der Waals surface area contributed by atoms with Gasteiger partial charge in [-0.15, -0.1) is 0 Å². The Bertz CT molecular complexity index is 931. The van der Waals surface area contributed by atoms with Crippen LogP contribution in [0.5, 0.6) is 11.5 Å². The molecule has 0 unspecified atom stereocenters. The maximum absolute atomic E-state index is 13.0. The predicted molar refractivity (Wildman–Crippen MR) is 112 cm³/mol. The molecule has 0 bridgehead atoms. The number of ether oxygens (including phenoxy) is 2. The van der Waals surface area contributed by atoms with Crippen molar-refractivity contribution in [1.82, 2.24) is 0 Å². The predicted octanol–water partition coefficient (Wildman–Crippen LogP) is 5.80. The quantitative estimate of drug-likeness (QED) is 0.317. The molecule has 27 heavy (non-hydrogen) atoms. The molecule has 0 N–H and O–H groups in total. The van der Waals surface area contributed by atoms with E-state index in [0.29, 0.717) is 23.3 Å². The maximum atomic E-state index is 13.0. The van der Waals surface area contributed by atoms with Crippen molar-refractivity contribution in [2.75, 3.05) is 19.0 Å². The molecular formula is C22H23BrO4. The van der Waals surface area contributed by atoms with Crippen molar-refractivity contribution < 1.29 is 13.9 Å². The summed E-state index contributed by atoms with van der Waals surface area (Å²) in [7, 11) is 1.62. The van der Waals surface area contributed by atoms with E-state index < -0.39 is 0 Å². The Morgan fingerprint density at radius 1 is 0.963 bits per heavy atom. The Kier molecular flexibility index (Phi) is 6.93. The first-order valence-corrected chi connectivity index (χ1v) is 10.3. The maximum Gasteiger partial charge on any atom is 0.235 e. The van der Waals surface area contributed by atoms with Crippen LogP contribution in [0.25, 0.3) is 22.3 Å². The van der Waals surface area contributed by atoms with Gasteiger partial charge in [0.05, 0.1) is 19.1 Å². The summed E-state index contributed by atoms with van der Waals surface area (Å²) in [6.07, 6.45) is 4.27. The van der Waals surface area contributed by atoms with Gasteiger partial charge in [0.25, 0.3) is 0 Å². The molecule has 4 nitrogen and oxygen atoms in total. The molecule has 0 radical (unpaired) electrons. The number of para-hydroxylation sites is 1. The van der Waals surface area contributed by atoms with Crippen LogP contribution in [-0.2, 0) is 0 Å². The standard InChI is InChI=1S/C22H23BrO4/c1-25-17-12-10-16(11-13-17)21-22(26-15-7-3-2-6-14-23)20(24)18-8-4-5-9-19(18)27-21/h4-5,8-13H,2-3,6-7,14-15H2,1H3. The van der Waals surface area contributed by atoms with Crippen LogP contribution in [0.15, 0.2) is 57.7 Å². The third-order valence-corrected chi connectivity index (χ3v) is 4.94. The molecule has 0 amide bonds. The van der Waals surface area contributed by atoms with Crippen molar-refractivity contribution in [3.05, 3.63) is 58.8 Å². The van der Waals surface area contributed by atoms with E-state index in [0.717, 1.165) is 42.3 Å². The van der Waals surface area contributed by atoms with E-state index in [2.05, 4.69) is 15.9 Å². The average molecular weight is 431 g/mol. The zero-order valence-electron chi connectivity index (χ0n) is 15.4. The summed E-state index contributed by atoms with van der Waals surface area (Å²) < 4.78 is 17.2. The Morgan fingerprint density at radius 2 is 1.70 bits per heavy atom. The summed E-state index contributed by atoms with van der Waals surface area (Å²) in [6, 6.07) is 14.7. The smallest absolute Gasteiger partial charge is 0.235 e. The fourth-order valence-corrected chi connectivity index (χ4v) is 3.31. The lowest BCUT2D eigenvalue weighted by atomic mass is 10.1. The Hall–Kier alpha value is -2.27. The van der Waals surface area contributed by atoms with Gasteiger partial charge < -0.3 is 13.9 Å². The molecular weight excluding hydrogens is 408 g/mol. The van der Waals surface area contributed by atoms with E-state index >= 15 is 0 Å². The summed E-state index contributed by atoms with van der Waals surface area (Å²) in [5, 5.41) is 1.55. The summed E-state index contributed by atoms with van der Waals surface area (Å²) in [5.74, 6) is 1.48. The Labute approximate surface area is 167 Å². The fraction of sp³-hybridized carbons (Fsp3) is 0.318. The summed E-state index contributed by atoms with van der Waals surface area (Å²) >= 11 is 3.44. The van der Waals surface area contributed by atoms with Gasteiger partial charge in [-0.2, -0.15) is 0 Å². The van der Waals surface area contributed by atoms with Crippen molar-refractivity contribution >= 4 is 26.9 Å². The third-order valence-electron chi connectivity index (χ3n) is 4.38. The first-order valence-electron chi connectivity index (χ1n) is 9.13. The molecule has 0 fully saturated rings. The van der Waals surface area contributed by atoms with Crippen LogP contribution in [0, 0.1) is 0 Å². The molecule has 0 spiro atoms. The average Bonchev–Trinajstić information content (AvgIpc) is 2.72. The van der Waals surface area contributed by atoms with Crippen molar-refractivity contribution in [2.45, 2.75) is 25.7 Å². The second-order valence-corrected chi connectivity index (χ2v) is 7.06. The van der Waals surface area contributed by atoms with Gasteiger partial charge in [0.1, 0.15) is 11.3 Å². The molecule has 0 atom stereocenters. The molecule has 1 heterocycles. The number of hydrogen-bond acceptors (Lipinski definition) is 4. The highest BCUT2D eigenvalue weighted by Gasteiger charge is 2.17. The van der Waals surface area contributed by atoms with Gasteiger partial charge in [0, 0.05) is 10.9 Å². The van der Waals surface area contributed by atoms with Gasteiger partial charge in [-0.1, -0.05) is 40.9 Å². The van der Waals surface area contributed by atoms with Crippen LogP contribution in [0.3, 0.4) is 0 Å². The second-order valence-electron chi connectivity index (χ2n) is 6.27. The largest absolute Gasteiger partial charge is 0.497 e. The van der Waals surface area contributed by atoms with Gasteiger partial charge in [0.2, 0.25) is 11.2 Å². The molecule has 2 aromatic carbocycles. The Morgan fingerprint density at radius 3 is 2.44 bits per heavy atom. The molecule has 0 saturated heterocycles. The number of alkyl halides is 1. The highest BCUT2D eigenvalue weighted by Crippen LogP contribution is 2.32. The lowest BCUT2D eigenvalue weighted by Gasteiger charge is -2.12. The SMILES string of the molecule is COc1ccc(-c2oc3ccccc3c(=O)c2OCCCCCCBr)cc1. The lowest BCUT2D eigenvalue weighted by Crippen LogP contribution is -2.11. The van der Waals surface area contributed by atoms with Gasteiger partial charge in [-0.25, -0.2) is 0 Å². The summed E-state index contributed by atoms with van der Waals surface area (Å²) in [6.45, 7) is 0.495. The summed E-state index contributed by atoms with van der Waals surface area (Å²) in [5.41, 5.74) is 1.20. The zero-order valence-corrected chi connectivity index (χ0v) is 17.0. The molecule has 3 aromatic rings. The number of hydrogen-bond donors (Lipinski definition) is 0. The van der Waals surface area contributed by atoms with E-state index in [1.54, 1.807) is 19.2 Å². The van der Waals surface area contributed by atoms with Crippen LogP contribution in [0.2, 0.25) is 0 Å². The van der Waals surface area contributed by atoms with E-state index in [9.17, 15) is 4.79 Å². The fourth-order valence-electron chi connectivity index (χ4n) is 2.91. The van der Waals surface area contributed by atoms with E-state index in [-0.39, 0.29) is 11.2 Å². The van der Waals surface area contributed by atoms with Crippen LogP contribution in [-0.4, -0.2) is 19.0 Å². The van der Waals surface area contributed by atoms with E-state index in [4.69, 9.17) is 13.9 Å². The highest BCUT2D eigenvalue weighted by atomic mass is 79.9. The number of rotatable bonds is 9. The number of fused-ring (bicyclic) bond motifs is 1. The number of halogens is 1. The third kappa shape index (κ3) is 4.72. The van der Waals surface area contributed by atoms with Gasteiger partial charge in [-0.05, 0) is 49.2 Å². The van der Waals surface area contributed by atoms with Gasteiger partial charge in [-0.3, -0.25) is 4.79 Å².